The Morgan fingerprint density at radius 2 is 1.00 bits per heavy atom. The molecule has 0 radical (unpaired) electrons. The van der Waals surface area contributed by atoms with Crippen LogP contribution in [0.3, 0.4) is 0 Å². The van der Waals surface area contributed by atoms with E-state index < -0.39 is 96.1 Å². The van der Waals surface area contributed by atoms with Gasteiger partial charge in [-0.1, -0.05) is 36.0 Å². The summed E-state index contributed by atoms with van der Waals surface area (Å²) in [5.74, 6) is 0. The molecule has 1 aromatic carbocycles. The molecule has 294 valence electrons. The van der Waals surface area contributed by atoms with Crippen molar-refractivity contribution in [2.24, 2.45) is 0 Å². The van der Waals surface area contributed by atoms with Gasteiger partial charge in [-0.25, -0.2) is 0 Å². The van der Waals surface area contributed by atoms with E-state index in [2.05, 4.69) is 70.1 Å². The van der Waals surface area contributed by atoms with Gasteiger partial charge in [0.15, 0.2) is 0 Å². The molecular weight excluding hydrogens is 865 g/mol. The Balaban J connectivity index is 0.000000266. The molecule has 4 fully saturated rings. The lowest BCUT2D eigenvalue weighted by Crippen LogP contribution is -2.81. The van der Waals surface area contributed by atoms with Gasteiger partial charge in [0, 0.05) is 60.0 Å². The summed E-state index contributed by atoms with van der Waals surface area (Å²) in [6.45, 7) is 30.7. The van der Waals surface area contributed by atoms with Crippen LogP contribution in [0.5, 0.6) is 0 Å². The first-order valence-electron chi connectivity index (χ1n) is 16.7. The number of benzene rings is 1. The topological polar surface area (TPSA) is 138 Å². The predicted octanol–water partition coefficient (Wildman–Crippen LogP) is 3.38. The second-order valence-corrected chi connectivity index (χ2v) is 50.3. The monoisotopic (exact) mass is 924 g/mol. The zero-order chi connectivity index (χ0) is 39.0. The maximum Gasteiger partial charge on any atom is 0.475 e. The minimum atomic E-state index is -3.43. The summed E-state index contributed by atoms with van der Waals surface area (Å²) in [7, 11) is -27.0. The summed E-state index contributed by atoms with van der Waals surface area (Å²) in [5.41, 5.74) is 1.91. The zero-order valence-electron chi connectivity index (χ0n) is 33.4. The molecule has 4 aliphatic heterocycles. The second-order valence-electron chi connectivity index (χ2n) is 14.6. The normalized spacial score (nSPS) is 39.8. The van der Waals surface area contributed by atoms with Crippen LogP contribution in [0.2, 0.25) is 91.7 Å². The molecule has 5 rings (SSSR count). The molecule has 4 unspecified atom stereocenters. The molecule has 6 bridgehead atoms. The molecule has 0 amide bonds. The highest BCUT2D eigenvalue weighted by atomic mass is 28.6. The molecule has 27 heteroatoms. The smallest absolute Gasteiger partial charge is 0.432 e. The number of hydrogen-bond donors (Lipinski definition) is 0. The van der Waals surface area contributed by atoms with E-state index >= 15 is 0 Å². The van der Waals surface area contributed by atoms with Crippen LogP contribution in [0.25, 0.3) is 0 Å². The van der Waals surface area contributed by atoms with E-state index in [1.165, 1.54) is 5.19 Å². The van der Waals surface area contributed by atoms with Gasteiger partial charge in [0.1, 0.15) is 10.5 Å². The molecule has 0 aromatic heterocycles. The van der Waals surface area contributed by atoms with Gasteiger partial charge in [-0.05, 0) is 51.0 Å². The quantitative estimate of drug-likeness (QED) is 0.370. The summed E-state index contributed by atoms with van der Waals surface area (Å²) < 4.78 is 93.0. The third-order valence-electron chi connectivity index (χ3n) is 7.95. The third-order valence-corrected chi connectivity index (χ3v) is 52.4. The first-order chi connectivity index (χ1) is 23.0. The van der Waals surface area contributed by atoms with Crippen molar-refractivity contribution in [2.45, 2.75) is 91.7 Å². The van der Waals surface area contributed by atoms with E-state index in [9.17, 15) is 0 Å². The largest absolute Gasteiger partial charge is 0.475 e. The van der Waals surface area contributed by atoms with Crippen LogP contribution in [0.4, 0.5) is 0 Å². The van der Waals surface area contributed by atoms with Crippen LogP contribution >= 0.6 is 0 Å². The first-order valence-corrected chi connectivity index (χ1v) is 43.9. The van der Waals surface area contributed by atoms with Gasteiger partial charge >= 0.3 is 79.5 Å². The van der Waals surface area contributed by atoms with Crippen LogP contribution in [-0.2, 0) is 62.3 Å². The van der Waals surface area contributed by atoms with Crippen molar-refractivity contribution in [3.05, 3.63) is 42.6 Å². The molecule has 4 saturated heterocycles. The average molecular weight is 926 g/mol. The highest BCUT2D eigenvalue weighted by molar-refractivity contribution is 6.99. The van der Waals surface area contributed by atoms with E-state index in [0.29, 0.717) is 10.5 Å². The Morgan fingerprint density at radius 1 is 0.627 bits per heavy atom. The van der Waals surface area contributed by atoms with Crippen LogP contribution < -0.4 is 5.19 Å². The Bertz CT molecular complexity index is 1300. The van der Waals surface area contributed by atoms with Crippen molar-refractivity contribution in [1.29, 1.82) is 0 Å². The molecular formula is C24H60O15Si12. The maximum absolute atomic E-state index is 6.45. The van der Waals surface area contributed by atoms with E-state index in [4.69, 9.17) is 62.3 Å². The van der Waals surface area contributed by atoms with Gasteiger partial charge < -0.3 is 62.3 Å². The summed E-state index contributed by atoms with van der Waals surface area (Å²) in [4.78, 5) is 0. The lowest BCUT2D eigenvalue weighted by atomic mass is 10.4. The molecule has 4 heterocycles. The van der Waals surface area contributed by atoms with Gasteiger partial charge in [0.2, 0.25) is 16.6 Å². The van der Waals surface area contributed by atoms with Gasteiger partial charge in [-0.3, -0.25) is 0 Å². The van der Waals surface area contributed by atoms with Crippen molar-refractivity contribution in [1.82, 2.24) is 0 Å². The lowest BCUT2D eigenvalue weighted by Gasteiger charge is -2.56. The van der Waals surface area contributed by atoms with Crippen molar-refractivity contribution >= 4 is 112 Å². The predicted molar refractivity (Wildman–Crippen MR) is 221 cm³/mol. The minimum absolute atomic E-state index is 0.389. The Labute approximate surface area is 320 Å². The Kier molecular flexibility index (Phi) is 14.9. The Hall–Kier alpha value is 0.963. The van der Waals surface area contributed by atoms with E-state index in [0.717, 1.165) is 0 Å². The fourth-order valence-corrected chi connectivity index (χ4v) is 55.2. The molecule has 4 atom stereocenters. The van der Waals surface area contributed by atoms with Crippen LogP contribution in [-0.4, -0.2) is 121 Å². The third kappa shape index (κ3) is 13.0. The van der Waals surface area contributed by atoms with E-state index in [-0.39, 0.29) is 0 Å². The zero-order valence-corrected chi connectivity index (χ0v) is 46.5. The summed E-state index contributed by atoms with van der Waals surface area (Å²) in [5, 5.41) is 1.32. The van der Waals surface area contributed by atoms with Crippen LogP contribution in [0.15, 0.2) is 42.6 Å². The summed E-state index contributed by atoms with van der Waals surface area (Å²) in [6.07, 6.45) is 0. The van der Waals surface area contributed by atoms with Gasteiger partial charge in [0.05, 0.1) is 0 Å². The van der Waals surface area contributed by atoms with Crippen LogP contribution in [0, 0.1) is 0 Å². The average Bonchev–Trinajstić information content (AvgIpc) is 2.93. The molecule has 0 N–H and O–H groups in total. The van der Waals surface area contributed by atoms with Crippen LogP contribution in [0.1, 0.15) is 0 Å². The van der Waals surface area contributed by atoms with E-state index in [1.54, 1.807) is 60.0 Å². The fraction of sp³-hybridized carbons (Fsp3) is 0.667. The molecule has 0 saturated carbocycles. The number of rotatable bonds is 7. The highest BCUT2D eigenvalue weighted by Crippen LogP contribution is 2.43. The first kappa shape index (κ1) is 46.3. The lowest BCUT2D eigenvalue weighted by molar-refractivity contribution is 0.0154. The molecule has 51 heavy (non-hydrogen) atoms. The van der Waals surface area contributed by atoms with Crippen molar-refractivity contribution < 1.29 is 62.3 Å². The molecule has 15 nitrogen and oxygen atoms in total. The number of fused-ring (bicyclic) bond motifs is 4. The number of hydrogen-bond acceptors (Lipinski definition) is 15. The summed E-state index contributed by atoms with van der Waals surface area (Å²) >= 11 is 0. The fourth-order valence-electron chi connectivity index (χ4n) is 5.79. The standard InChI is InChI=1S/C11H20O2Si2.C8H28O12Si9.C5H12OSi/c1-12-15(4,5)13-14(2,3)11-9-7-6-8-10-11;1-22-10-24(3)14-26(5)12-23(2,9-21)13-27(6)15-25(4,11-22)17-28(7,16-24)20-29(8,18-26)19-27;1-5-7(3,4)6-2/h6-10H,1-5H3;22H,1-8,21H3;5H,1H2,2-4H3. The van der Waals surface area contributed by atoms with Gasteiger partial charge in [-0.15, -0.1) is 6.58 Å². The van der Waals surface area contributed by atoms with Gasteiger partial charge in [-0.2, -0.15) is 0 Å². The van der Waals surface area contributed by atoms with Crippen molar-refractivity contribution in [2.75, 3.05) is 14.2 Å². The Morgan fingerprint density at radius 3 is 1.31 bits per heavy atom. The molecule has 0 spiro atoms. The molecule has 1 aromatic rings. The van der Waals surface area contributed by atoms with Crippen molar-refractivity contribution in [3.63, 3.8) is 0 Å². The molecule has 4 aliphatic rings. The summed E-state index contributed by atoms with van der Waals surface area (Å²) in [6, 6.07) is 10.5. The molecule has 0 aliphatic carbocycles. The minimum Gasteiger partial charge on any atom is -0.432 e. The SMILES string of the molecule is C=C[Si](C)(C)OC.CO[Si](C)(C)O[Si](C)(C)c1ccccc1.C[SiH]1O[Si]2(C)O[Si]3(C)O[Si](C)(O[SiH3])O[Si]4(C)O[Si](C)(O1)O[Si](C)(O2)O[Si](C)(O3)O4. The van der Waals surface area contributed by atoms with Crippen molar-refractivity contribution in [3.8, 4) is 0 Å². The maximum atomic E-state index is 6.45. The van der Waals surface area contributed by atoms with Gasteiger partial charge in [0.25, 0.3) is 0 Å². The highest BCUT2D eigenvalue weighted by Gasteiger charge is 2.73. The van der Waals surface area contributed by atoms with E-state index in [1.807, 2.05) is 18.3 Å². The second kappa shape index (κ2) is 16.4.